The van der Waals surface area contributed by atoms with Crippen molar-refractivity contribution in [2.24, 2.45) is 10.8 Å². The van der Waals surface area contributed by atoms with Crippen molar-refractivity contribution in [1.29, 1.82) is 0 Å². The predicted octanol–water partition coefficient (Wildman–Crippen LogP) is 0.383. The average molecular weight is 316 g/mol. The first-order valence-electron chi connectivity index (χ1n) is 6.36. The number of carboxylic acids is 2. The topological polar surface area (TPSA) is 80.3 Å². The number of carbonyl (C=O) groups is 2. The molecule has 0 amide bonds. The molecule has 0 radical (unpaired) electrons. The first kappa shape index (κ1) is 22.4. The summed E-state index contributed by atoms with van der Waals surface area (Å²) in [4.78, 5) is 23.5. The molecule has 0 aliphatic heterocycles. The molecule has 0 atom stereocenters. The zero-order valence-electron chi connectivity index (χ0n) is 13.0. The number of hydrogen-bond donors (Lipinski definition) is 0. The van der Waals surface area contributed by atoms with Gasteiger partial charge in [-0.15, -0.1) is 0 Å². The average Bonchev–Trinajstić information content (AvgIpc) is 2.37. The van der Waals surface area contributed by atoms with Crippen LogP contribution in [0.15, 0.2) is 48.6 Å². The molecular weight excluding hydrogens is 296 g/mol. The van der Waals surface area contributed by atoms with Crippen molar-refractivity contribution in [2.75, 3.05) is 0 Å². The minimum atomic E-state index is -1.85. The zero-order chi connectivity index (χ0) is 15.8. The van der Waals surface area contributed by atoms with Crippen molar-refractivity contribution in [3.63, 3.8) is 0 Å². The van der Waals surface area contributed by atoms with Crippen LogP contribution in [0.4, 0.5) is 0 Å². The van der Waals surface area contributed by atoms with Gasteiger partial charge in [-0.25, -0.2) is 0 Å². The van der Waals surface area contributed by atoms with Gasteiger partial charge in [0.05, 0.1) is 22.8 Å². The van der Waals surface area contributed by atoms with E-state index < -0.39 is 22.8 Å². The SMILES string of the molecule is C/C=C/C(/C=C/C)(C(=O)[O-])C(/C=C/C)(/C=C/C)C(=O)[O-].[Ca+2]. The van der Waals surface area contributed by atoms with E-state index >= 15 is 0 Å². The van der Waals surface area contributed by atoms with Gasteiger partial charge in [-0.05, 0) is 27.7 Å². The minimum Gasteiger partial charge on any atom is -0.549 e. The van der Waals surface area contributed by atoms with Crippen LogP contribution in [-0.4, -0.2) is 49.7 Å². The first-order chi connectivity index (χ1) is 9.38. The molecule has 0 aliphatic rings. The standard InChI is InChI=1S/C16H22O4.Ca/c1-5-9-15(10-6-2,13(17)18)16(11-7-3,12-8-4)14(19)20;/h5-12H,1-4H3,(H,17,18)(H,19,20);/q;+2/p-2/b9-5+,10-6+,11-7+,12-8+;. The van der Waals surface area contributed by atoms with Crippen LogP contribution in [0.3, 0.4) is 0 Å². The second-order valence-electron chi connectivity index (χ2n) is 4.31. The van der Waals surface area contributed by atoms with Gasteiger partial charge in [0.1, 0.15) is 0 Å². The van der Waals surface area contributed by atoms with Crippen LogP contribution in [0, 0.1) is 10.8 Å². The van der Waals surface area contributed by atoms with Gasteiger partial charge in [0.2, 0.25) is 0 Å². The van der Waals surface area contributed by atoms with E-state index in [0.717, 1.165) is 0 Å². The normalized spacial score (nSPS) is 13.3. The maximum absolute atomic E-state index is 11.7. The first-order valence-corrected chi connectivity index (χ1v) is 6.36. The molecule has 0 rings (SSSR count). The van der Waals surface area contributed by atoms with Crippen LogP contribution >= 0.6 is 0 Å². The number of aliphatic carboxylic acids is 2. The summed E-state index contributed by atoms with van der Waals surface area (Å²) in [5, 5.41) is 23.5. The van der Waals surface area contributed by atoms with E-state index in [2.05, 4.69) is 0 Å². The van der Waals surface area contributed by atoms with Gasteiger partial charge in [-0.2, -0.15) is 0 Å². The Bertz CT molecular complexity index is 405. The summed E-state index contributed by atoms with van der Waals surface area (Å²) in [7, 11) is 0. The Hall–Kier alpha value is -0.840. The third-order valence-corrected chi connectivity index (χ3v) is 3.08. The van der Waals surface area contributed by atoms with Gasteiger partial charge >= 0.3 is 37.7 Å². The largest absolute Gasteiger partial charge is 2.00 e. The molecule has 110 valence electrons. The molecule has 0 unspecified atom stereocenters. The van der Waals surface area contributed by atoms with E-state index in [1.165, 1.54) is 48.6 Å². The van der Waals surface area contributed by atoms with Crippen LogP contribution in [0.2, 0.25) is 0 Å². The minimum absolute atomic E-state index is 0. The van der Waals surface area contributed by atoms with E-state index in [-0.39, 0.29) is 37.7 Å². The predicted molar refractivity (Wildman–Crippen MR) is 79.9 cm³/mol. The molecule has 0 heterocycles. The Morgan fingerprint density at radius 3 is 0.952 bits per heavy atom. The quantitative estimate of drug-likeness (QED) is 0.502. The fourth-order valence-corrected chi connectivity index (χ4v) is 2.32. The molecule has 4 nitrogen and oxygen atoms in total. The van der Waals surface area contributed by atoms with Gasteiger partial charge in [-0.3, -0.25) is 0 Å². The van der Waals surface area contributed by atoms with Gasteiger partial charge in [0, 0.05) is 0 Å². The Kier molecular flexibility index (Phi) is 10.7. The molecule has 0 saturated carbocycles. The van der Waals surface area contributed by atoms with Crippen molar-refractivity contribution < 1.29 is 19.8 Å². The summed E-state index contributed by atoms with van der Waals surface area (Å²) in [5.41, 5.74) is -3.71. The van der Waals surface area contributed by atoms with Gasteiger partial charge in [0.15, 0.2) is 0 Å². The summed E-state index contributed by atoms with van der Waals surface area (Å²) in [6.45, 7) is 6.47. The van der Waals surface area contributed by atoms with E-state index in [1.807, 2.05) is 0 Å². The fraction of sp³-hybridized carbons (Fsp3) is 0.375. The maximum atomic E-state index is 11.7. The van der Waals surface area contributed by atoms with Crippen molar-refractivity contribution in [3.8, 4) is 0 Å². The van der Waals surface area contributed by atoms with Crippen LogP contribution in [0.5, 0.6) is 0 Å². The van der Waals surface area contributed by atoms with Crippen molar-refractivity contribution in [2.45, 2.75) is 27.7 Å². The van der Waals surface area contributed by atoms with E-state index in [1.54, 1.807) is 27.7 Å². The smallest absolute Gasteiger partial charge is 0.549 e. The molecule has 0 saturated heterocycles. The van der Waals surface area contributed by atoms with E-state index in [9.17, 15) is 19.8 Å². The van der Waals surface area contributed by atoms with Gasteiger partial charge in [0.25, 0.3) is 0 Å². The summed E-state index contributed by atoms with van der Waals surface area (Å²) in [6, 6.07) is 0. The molecule has 21 heavy (non-hydrogen) atoms. The van der Waals surface area contributed by atoms with E-state index in [0.29, 0.717) is 0 Å². The molecule has 0 aliphatic carbocycles. The Morgan fingerprint density at radius 1 is 0.667 bits per heavy atom. The second-order valence-corrected chi connectivity index (χ2v) is 4.31. The summed E-state index contributed by atoms with van der Waals surface area (Å²) in [5.74, 6) is -3.01. The molecular formula is C16H20CaO4. The fourth-order valence-electron chi connectivity index (χ4n) is 2.32. The summed E-state index contributed by atoms with van der Waals surface area (Å²) < 4.78 is 0. The zero-order valence-corrected chi connectivity index (χ0v) is 15.2. The van der Waals surface area contributed by atoms with Crippen molar-refractivity contribution >= 4 is 49.7 Å². The summed E-state index contributed by atoms with van der Waals surface area (Å²) >= 11 is 0. The Balaban J connectivity index is 0. The third-order valence-electron chi connectivity index (χ3n) is 3.08. The molecule has 0 aromatic carbocycles. The van der Waals surface area contributed by atoms with Gasteiger partial charge < -0.3 is 19.8 Å². The van der Waals surface area contributed by atoms with Crippen LogP contribution in [0.1, 0.15) is 27.7 Å². The van der Waals surface area contributed by atoms with Crippen LogP contribution < -0.4 is 10.2 Å². The molecule has 0 N–H and O–H groups in total. The number of rotatable bonds is 7. The Labute approximate surface area is 155 Å². The van der Waals surface area contributed by atoms with Crippen LogP contribution in [0.25, 0.3) is 0 Å². The third kappa shape index (κ3) is 4.31. The molecule has 0 aromatic rings. The van der Waals surface area contributed by atoms with E-state index in [4.69, 9.17) is 0 Å². The second kappa shape index (κ2) is 9.98. The number of carboxylic acid groups (broad SMARTS) is 2. The van der Waals surface area contributed by atoms with Crippen molar-refractivity contribution in [3.05, 3.63) is 48.6 Å². The van der Waals surface area contributed by atoms with Crippen LogP contribution in [-0.2, 0) is 9.59 Å². The number of hydrogen-bond acceptors (Lipinski definition) is 4. The molecule has 0 bridgehead atoms. The number of allylic oxidation sites excluding steroid dienone is 4. The molecule has 0 fully saturated rings. The number of carbonyl (C=O) groups excluding carboxylic acids is 2. The molecule has 0 aromatic heterocycles. The Morgan fingerprint density at radius 2 is 0.857 bits per heavy atom. The van der Waals surface area contributed by atoms with Gasteiger partial charge in [-0.1, -0.05) is 48.6 Å². The summed E-state index contributed by atoms with van der Waals surface area (Å²) in [6.07, 6.45) is 11.2. The maximum Gasteiger partial charge on any atom is 2.00 e. The van der Waals surface area contributed by atoms with Crippen molar-refractivity contribution in [1.82, 2.24) is 0 Å². The molecule has 5 heteroatoms. The monoisotopic (exact) mass is 316 g/mol. The molecule has 0 spiro atoms.